The fourth-order valence-electron chi connectivity index (χ4n) is 2.17. The molecule has 1 saturated carbocycles. The summed E-state index contributed by atoms with van der Waals surface area (Å²) < 4.78 is 0. The van der Waals surface area contributed by atoms with E-state index in [1.807, 2.05) is 0 Å². The van der Waals surface area contributed by atoms with E-state index in [4.69, 9.17) is 0 Å². The van der Waals surface area contributed by atoms with Crippen molar-refractivity contribution in [3.05, 3.63) is 5.92 Å². The van der Waals surface area contributed by atoms with Crippen molar-refractivity contribution in [1.29, 1.82) is 0 Å². The highest BCUT2D eigenvalue weighted by molar-refractivity contribution is 4.90. The van der Waals surface area contributed by atoms with Crippen LogP contribution in [0.3, 0.4) is 0 Å². The minimum Gasteiger partial charge on any atom is -0.300 e. The van der Waals surface area contributed by atoms with E-state index < -0.39 is 0 Å². The van der Waals surface area contributed by atoms with E-state index in [0.717, 1.165) is 6.04 Å². The molecule has 1 heterocycles. The van der Waals surface area contributed by atoms with Crippen molar-refractivity contribution in [3.63, 3.8) is 0 Å². The molecular formula is C11H21N2. The first-order valence-electron chi connectivity index (χ1n) is 5.51. The summed E-state index contributed by atoms with van der Waals surface area (Å²) in [5.74, 6) is 1.54. The molecule has 2 rings (SSSR count). The van der Waals surface area contributed by atoms with Crippen LogP contribution in [0.2, 0.25) is 0 Å². The average molecular weight is 181 g/mol. The van der Waals surface area contributed by atoms with Gasteiger partial charge >= 0.3 is 0 Å². The molecule has 0 aromatic heterocycles. The molecule has 2 aliphatic rings. The number of hydrogen-bond donors (Lipinski definition) is 0. The van der Waals surface area contributed by atoms with E-state index in [2.05, 4.69) is 23.6 Å². The molecule has 0 spiro atoms. The summed E-state index contributed by atoms with van der Waals surface area (Å²) in [4.78, 5) is 5.25. The summed E-state index contributed by atoms with van der Waals surface area (Å²) in [6.07, 6.45) is 2.91. The van der Waals surface area contributed by atoms with Gasteiger partial charge < -0.3 is 4.90 Å². The zero-order valence-corrected chi connectivity index (χ0v) is 8.92. The Bertz CT molecular complexity index is 155. The fourth-order valence-corrected chi connectivity index (χ4v) is 2.17. The Labute approximate surface area is 81.9 Å². The lowest BCUT2D eigenvalue weighted by atomic mass is 10.2. The van der Waals surface area contributed by atoms with Gasteiger partial charge in [-0.1, -0.05) is 13.8 Å². The molecule has 1 aliphatic heterocycles. The lowest BCUT2D eigenvalue weighted by Gasteiger charge is -2.35. The highest BCUT2D eigenvalue weighted by Gasteiger charge is 2.30. The van der Waals surface area contributed by atoms with Crippen molar-refractivity contribution in [1.82, 2.24) is 9.80 Å². The van der Waals surface area contributed by atoms with Crippen LogP contribution < -0.4 is 0 Å². The first kappa shape index (κ1) is 9.47. The minimum absolute atomic E-state index is 0.967. The maximum atomic E-state index is 2.67. The molecular weight excluding hydrogens is 160 g/mol. The highest BCUT2D eigenvalue weighted by atomic mass is 15.3. The van der Waals surface area contributed by atoms with Gasteiger partial charge in [0.15, 0.2) is 0 Å². The second kappa shape index (κ2) is 3.97. The van der Waals surface area contributed by atoms with Crippen LogP contribution in [0.4, 0.5) is 0 Å². The molecule has 2 heteroatoms. The molecule has 2 fully saturated rings. The molecule has 0 unspecified atom stereocenters. The SMILES string of the molecule is C[C](C)CN1CCN(C2CC2)CC1. The van der Waals surface area contributed by atoms with Gasteiger partial charge in [0, 0.05) is 38.8 Å². The molecule has 1 radical (unpaired) electrons. The third-order valence-corrected chi connectivity index (χ3v) is 3.01. The number of piperazine rings is 1. The van der Waals surface area contributed by atoms with E-state index in [9.17, 15) is 0 Å². The Morgan fingerprint density at radius 3 is 2.15 bits per heavy atom. The first-order chi connectivity index (χ1) is 6.25. The smallest absolute Gasteiger partial charge is 0.0113 e. The lowest BCUT2D eigenvalue weighted by molar-refractivity contribution is 0.130. The van der Waals surface area contributed by atoms with Gasteiger partial charge in [0.2, 0.25) is 0 Å². The Balaban J connectivity index is 1.69. The van der Waals surface area contributed by atoms with Gasteiger partial charge in [-0.3, -0.25) is 4.90 Å². The van der Waals surface area contributed by atoms with Crippen LogP contribution in [-0.4, -0.2) is 48.6 Å². The summed E-state index contributed by atoms with van der Waals surface area (Å²) in [5, 5.41) is 0. The van der Waals surface area contributed by atoms with Crippen molar-refractivity contribution in [2.24, 2.45) is 0 Å². The van der Waals surface area contributed by atoms with Gasteiger partial charge in [-0.05, 0) is 18.8 Å². The predicted octanol–water partition coefficient (Wildman–Crippen LogP) is 1.38. The van der Waals surface area contributed by atoms with Crippen molar-refractivity contribution in [3.8, 4) is 0 Å². The van der Waals surface area contributed by atoms with Gasteiger partial charge in [-0.2, -0.15) is 0 Å². The predicted molar refractivity (Wildman–Crippen MR) is 55.6 cm³/mol. The van der Waals surface area contributed by atoms with Crippen LogP contribution in [0, 0.1) is 5.92 Å². The number of nitrogens with zero attached hydrogens (tertiary/aromatic N) is 2. The Morgan fingerprint density at radius 2 is 1.69 bits per heavy atom. The van der Waals surface area contributed by atoms with Crippen LogP contribution in [0.1, 0.15) is 26.7 Å². The number of hydrogen-bond acceptors (Lipinski definition) is 2. The second-order valence-electron chi connectivity index (χ2n) is 4.75. The maximum Gasteiger partial charge on any atom is 0.0113 e. The molecule has 0 N–H and O–H groups in total. The Kier molecular flexibility index (Phi) is 2.89. The van der Waals surface area contributed by atoms with Gasteiger partial charge in [-0.25, -0.2) is 0 Å². The van der Waals surface area contributed by atoms with Crippen LogP contribution in [0.5, 0.6) is 0 Å². The van der Waals surface area contributed by atoms with Crippen LogP contribution in [-0.2, 0) is 0 Å². The molecule has 13 heavy (non-hydrogen) atoms. The lowest BCUT2D eigenvalue weighted by Crippen LogP contribution is -2.47. The molecule has 0 amide bonds. The quantitative estimate of drug-likeness (QED) is 0.649. The summed E-state index contributed by atoms with van der Waals surface area (Å²) in [7, 11) is 0. The molecule has 0 atom stereocenters. The Morgan fingerprint density at radius 1 is 1.08 bits per heavy atom. The van der Waals surface area contributed by atoms with E-state index >= 15 is 0 Å². The second-order valence-corrected chi connectivity index (χ2v) is 4.75. The Hall–Kier alpha value is -0.0800. The normalized spacial score (nSPS) is 27.0. The van der Waals surface area contributed by atoms with E-state index in [0.29, 0.717) is 0 Å². The largest absolute Gasteiger partial charge is 0.300 e. The van der Waals surface area contributed by atoms with Gasteiger partial charge in [0.05, 0.1) is 0 Å². The monoisotopic (exact) mass is 181 g/mol. The maximum absolute atomic E-state index is 2.67. The molecule has 0 bridgehead atoms. The van der Waals surface area contributed by atoms with Crippen molar-refractivity contribution in [2.45, 2.75) is 32.7 Å². The van der Waals surface area contributed by atoms with Crippen molar-refractivity contribution < 1.29 is 0 Å². The average Bonchev–Trinajstić information content (AvgIpc) is 2.87. The van der Waals surface area contributed by atoms with Crippen LogP contribution >= 0.6 is 0 Å². The standard InChI is InChI=1S/C11H21N2/c1-10(2)9-12-5-7-13(8-6-12)11-3-4-11/h11H,3-9H2,1-2H3. The zero-order valence-electron chi connectivity index (χ0n) is 8.92. The van der Waals surface area contributed by atoms with Gasteiger partial charge in [0.1, 0.15) is 0 Å². The van der Waals surface area contributed by atoms with Crippen molar-refractivity contribution in [2.75, 3.05) is 32.7 Å². The summed E-state index contributed by atoms with van der Waals surface area (Å²) in [6, 6.07) is 0.967. The van der Waals surface area contributed by atoms with E-state index in [1.165, 1.54) is 45.6 Å². The third-order valence-electron chi connectivity index (χ3n) is 3.01. The van der Waals surface area contributed by atoms with Crippen LogP contribution in [0.25, 0.3) is 0 Å². The minimum atomic E-state index is 0.967. The topological polar surface area (TPSA) is 6.48 Å². The molecule has 75 valence electrons. The molecule has 1 aliphatic carbocycles. The van der Waals surface area contributed by atoms with Gasteiger partial charge in [0.25, 0.3) is 0 Å². The van der Waals surface area contributed by atoms with E-state index in [1.54, 1.807) is 5.92 Å². The molecule has 1 saturated heterocycles. The third kappa shape index (κ3) is 2.68. The summed E-state index contributed by atoms with van der Waals surface area (Å²) in [6.45, 7) is 10.8. The zero-order chi connectivity index (χ0) is 9.26. The summed E-state index contributed by atoms with van der Waals surface area (Å²) in [5.41, 5.74) is 0. The number of rotatable bonds is 3. The molecule has 2 nitrogen and oxygen atoms in total. The van der Waals surface area contributed by atoms with E-state index in [-0.39, 0.29) is 0 Å². The fraction of sp³-hybridized carbons (Fsp3) is 0.909. The summed E-state index contributed by atoms with van der Waals surface area (Å²) >= 11 is 0. The van der Waals surface area contributed by atoms with Crippen LogP contribution in [0.15, 0.2) is 0 Å². The van der Waals surface area contributed by atoms with Crippen molar-refractivity contribution >= 4 is 0 Å². The van der Waals surface area contributed by atoms with Gasteiger partial charge in [-0.15, -0.1) is 0 Å². The molecule has 0 aromatic carbocycles. The highest BCUT2D eigenvalue weighted by Crippen LogP contribution is 2.27. The molecule has 0 aromatic rings. The first-order valence-corrected chi connectivity index (χ1v) is 5.51.